The average molecular weight is 401 g/mol. The molecule has 0 fully saturated rings. The summed E-state index contributed by atoms with van der Waals surface area (Å²) in [7, 11) is 3.05. The minimum Gasteiger partial charge on any atom is -0.472 e. The molecule has 0 aliphatic rings. The Morgan fingerprint density at radius 2 is 1.93 bits per heavy atom. The van der Waals surface area contributed by atoms with E-state index in [0.29, 0.717) is 10.9 Å². The van der Waals surface area contributed by atoms with Gasteiger partial charge in [-0.15, -0.1) is 5.10 Å². The summed E-state index contributed by atoms with van der Waals surface area (Å²) in [6, 6.07) is 16.0. The van der Waals surface area contributed by atoms with Gasteiger partial charge in [-0.25, -0.2) is 4.68 Å². The largest absolute Gasteiger partial charge is 0.472 e. The lowest BCUT2D eigenvalue weighted by atomic mass is 10.0. The summed E-state index contributed by atoms with van der Waals surface area (Å²) in [5, 5.41) is 7.71. The average Bonchev–Trinajstić information content (AvgIpc) is 3.20. The number of rotatable bonds is 8. The van der Waals surface area contributed by atoms with Crippen molar-refractivity contribution in [3.8, 4) is 11.6 Å². The Morgan fingerprint density at radius 3 is 2.64 bits per heavy atom. The summed E-state index contributed by atoms with van der Waals surface area (Å²) in [6.07, 6.45) is 1.81. The van der Waals surface area contributed by atoms with Crippen LogP contribution in [0.1, 0.15) is 17.2 Å². The molecule has 0 spiro atoms. The number of amides is 1. The van der Waals surface area contributed by atoms with Crippen LogP contribution in [0.3, 0.4) is 0 Å². The lowest BCUT2D eigenvalue weighted by molar-refractivity contribution is -0.126. The summed E-state index contributed by atoms with van der Waals surface area (Å²) in [5.41, 5.74) is 5.21. The first-order valence-electron chi connectivity index (χ1n) is 8.64. The molecule has 3 rings (SSSR count). The number of hydrogen-bond acceptors (Lipinski definition) is 5. The molecule has 28 heavy (non-hydrogen) atoms. The number of benzene rings is 2. The number of hydrogen-bond donors (Lipinski definition) is 2. The zero-order valence-corrected chi connectivity index (χ0v) is 16.3. The highest BCUT2D eigenvalue weighted by Crippen LogP contribution is 2.21. The van der Waals surface area contributed by atoms with Gasteiger partial charge in [0.2, 0.25) is 11.8 Å². The maximum absolute atomic E-state index is 12.2. The maximum atomic E-state index is 12.2. The number of aromatic nitrogens is 2. The molecule has 2 N–H and O–H groups in total. The number of hydroxylamine groups is 1. The Labute approximate surface area is 168 Å². The maximum Gasteiger partial charge on any atom is 0.243 e. The van der Waals surface area contributed by atoms with E-state index in [1.165, 1.54) is 7.11 Å². The molecule has 2 aromatic carbocycles. The molecular formula is C20H21ClN4O3. The van der Waals surface area contributed by atoms with Gasteiger partial charge < -0.3 is 14.9 Å². The van der Waals surface area contributed by atoms with Crippen molar-refractivity contribution in [2.24, 2.45) is 0 Å². The highest BCUT2D eigenvalue weighted by Gasteiger charge is 2.22. The third kappa shape index (κ3) is 4.69. The van der Waals surface area contributed by atoms with Gasteiger partial charge in [0.1, 0.15) is 12.6 Å². The number of likely N-dealkylation sites (N-methyl/N-ethyl adjacent to an activating group) is 1. The molecule has 1 unspecified atom stereocenters. The molecule has 1 heterocycles. The highest BCUT2D eigenvalue weighted by molar-refractivity contribution is 6.30. The lowest BCUT2D eigenvalue weighted by Gasteiger charge is -2.19. The molecule has 146 valence electrons. The molecule has 0 saturated heterocycles. The minimum absolute atomic E-state index is 0.207. The van der Waals surface area contributed by atoms with Gasteiger partial charge in [0, 0.05) is 24.3 Å². The van der Waals surface area contributed by atoms with E-state index in [-0.39, 0.29) is 12.5 Å². The second kappa shape index (κ2) is 9.36. The molecule has 0 bridgehead atoms. The second-order valence-electron chi connectivity index (χ2n) is 5.93. The van der Waals surface area contributed by atoms with Crippen LogP contribution < -0.4 is 15.5 Å². The smallest absolute Gasteiger partial charge is 0.243 e. The van der Waals surface area contributed by atoms with Crippen molar-refractivity contribution >= 4 is 17.5 Å². The fraction of sp³-hybridized carbons (Fsp3) is 0.200. The van der Waals surface area contributed by atoms with Crippen LogP contribution in [0.5, 0.6) is 5.88 Å². The van der Waals surface area contributed by atoms with Gasteiger partial charge in [-0.3, -0.25) is 4.79 Å². The van der Waals surface area contributed by atoms with Crippen LogP contribution in [0.15, 0.2) is 60.8 Å². The van der Waals surface area contributed by atoms with Gasteiger partial charge in [-0.2, -0.15) is 5.48 Å². The predicted octanol–water partition coefficient (Wildman–Crippen LogP) is 3.04. The Morgan fingerprint density at radius 1 is 1.18 bits per heavy atom. The molecule has 0 saturated carbocycles. The monoisotopic (exact) mass is 400 g/mol. The molecule has 1 atom stereocenters. The van der Waals surface area contributed by atoms with Crippen LogP contribution in [-0.4, -0.2) is 29.8 Å². The van der Waals surface area contributed by atoms with Crippen molar-refractivity contribution in [3.05, 3.63) is 76.9 Å². The van der Waals surface area contributed by atoms with Crippen molar-refractivity contribution in [3.63, 3.8) is 0 Å². The standard InChI is InChI=1S/C20H21ClN4O3/c1-22-20(26)19(24-27-2)17-6-4-3-5-14(17)13-28-18-11-12-25(23-18)16-9-7-15(21)8-10-16/h3-12,19,24H,13H2,1-2H3,(H,22,26). The SMILES string of the molecule is CNC(=O)C(NOC)c1ccccc1COc1ccn(-c2ccc(Cl)cc2)n1. The number of nitrogens with zero attached hydrogens (tertiary/aromatic N) is 2. The van der Waals surface area contributed by atoms with Crippen molar-refractivity contribution in [1.82, 2.24) is 20.6 Å². The predicted molar refractivity (Wildman–Crippen MR) is 106 cm³/mol. The molecule has 1 aromatic heterocycles. The Balaban J connectivity index is 1.75. The zero-order valence-electron chi connectivity index (χ0n) is 15.6. The number of carbonyl (C=O) groups is 1. The summed E-state index contributed by atoms with van der Waals surface area (Å²) in [5.74, 6) is 0.266. The van der Waals surface area contributed by atoms with E-state index in [4.69, 9.17) is 21.2 Å². The number of halogens is 1. The van der Waals surface area contributed by atoms with Gasteiger partial charge in [0.15, 0.2) is 0 Å². The van der Waals surface area contributed by atoms with Gasteiger partial charge in [-0.1, -0.05) is 35.9 Å². The summed E-state index contributed by atoms with van der Waals surface area (Å²) in [4.78, 5) is 17.2. The summed E-state index contributed by atoms with van der Waals surface area (Å²) in [6.45, 7) is 0.257. The van der Waals surface area contributed by atoms with Crippen LogP contribution in [0.2, 0.25) is 5.02 Å². The van der Waals surface area contributed by atoms with Crippen molar-refractivity contribution < 1.29 is 14.4 Å². The van der Waals surface area contributed by atoms with E-state index >= 15 is 0 Å². The minimum atomic E-state index is -0.651. The zero-order chi connectivity index (χ0) is 19.9. The summed E-state index contributed by atoms with van der Waals surface area (Å²) >= 11 is 5.92. The first-order chi connectivity index (χ1) is 13.6. The van der Waals surface area contributed by atoms with E-state index < -0.39 is 6.04 Å². The van der Waals surface area contributed by atoms with Gasteiger partial charge >= 0.3 is 0 Å². The van der Waals surface area contributed by atoms with Crippen molar-refractivity contribution in [2.45, 2.75) is 12.6 Å². The molecule has 3 aromatic rings. The van der Waals surface area contributed by atoms with Crippen LogP contribution in [-0.2, 0) is 16.2 Å². The van der Waals surface area contributed by atoms with E-state index in [0.717, 1.165) is 16.8 Å². The summed E-state index contributed by atoms with van der Waals surface area (Å²) < 4.78 is 7.55. The van der Waals surface area contributed by atoms with E-state index in [2.05, 4.69) is 15.9 Å². The molecule has 0 aliphatic carbocycles. The van der Waals surface area contributed by atoms with Gasteiger partial charge in [0.25, 0.3) is 0 Å². The Kier molecular flexibility index (Phi) is 6.65. The fourth-order valence-electron chi connectivity index (χ4n) is 2.74. The van der Waals surface area contributed by atoms with E-state index in [1.54, 1.807) is 29.9 Å². The van der Waals surface area contributed by atoms with Crippen LogP contribution in [0, 0.1) is 0 Å². The first-order valence-corrected chi connectivity index (χ1v) is 9.02. The van der Waals surface area contributed by atoms with Crippen molar-refractivity contribution in [2.75, 3.05) is 14.2 Å². The Bertz CT molecular complexity index is 927. The topological polar surface area (TPSA) is 77.4 Å². The van der Waals surface area contributed by atoms with Crippen molar-refractivity contribution in [1.29, 1.82) is 0 Å². The van der Waals surface area contributed by atoms with Crippen LogP contribution in [0.4, 0.5) is 0 Å². The van der Waals surface area contributed by atoms with E-state index in [1.807, 2.05) is 42.6 Å². The number of nitrogens with one attached hydrogen (secondary N) is 2. The first kappa shape index (κ1) is 19.9. The van der Waals surface area contributed by atoms with E-state index in [9.17, 15) is 4.79 Å². The second-order valence-corrected chi connectivity index (χ2v) is 6.37. The molecule has 7 nitrogen and oxygen atoms in total. The molecule has 0 radical (unpaired) electrons. The quantitative estimate of drug-likeness (QED) is 0.568. The molecule has 8 heteroatoms. The van der Waals surface area contributed by atoms with Gasteiger partial charge in [0.05, 0.1) is 12.8 Å². The third-order valence-electron chi connectivity index (χ3n) is 4.14. The molecule has 1 amide bonds. The normalized spacial score (nSPS) is 11.8. The number of carbonyl (C=O) groups excluding carboxylic acids is 1. The van der Waals surface area contributed by atoms with Crippen LogP contribution >= 0.6 is 11.6 Å². The third-order valence-corrected chi connectivity index (χ3v) is 4.39. The number of ether oxygens (including phenoxy) is 1. The lowest BCUT2D eigenvalue weighted by Crippen LogP contribution is -2.36. The van der Waals surface area contributed by atoms with Gasteiger partial charge in [-0.05, 0) is 35.4 Å². The molecular weight excluding hydrogens is 380 g/mol. The van der Waals surface area contributed by atoms with Crippen LogP contribution in [0.25, 0.3) is 5.69 Å². The fourth-order valence-corrected chi connectivity index (χ4v) is 2.87. The molecule has 0 aliphatic heterocycles. The Hall–Kier alpha value is -2.87. The highest BCUT2D eigenvalue weighted by atomic mass is 35.5.